The van der Waals surface area contributed by atoms with Crippen molar-refractivity contribution in [2.45, 2.75) is 10.9 Å². The SMILES string of the molecule is O=S(=O)(c1c(Cl)cccc1Cl)N1CCNCC1c1cccc(F)c1. The summed E-state index contributed by atoms with van der Waals surface area (Å²) in [7, 11) is -3.93. The van der Waals surface area contributed by atoms with Crippen molar-refractivity contribution >= 4 is 33.2 Å². The van der Waals surface area contributed by atoms with Gasteiger partial charge in [0.25, 0.3) is 0 Å². The number of rotatable bonds is 3. The van der Waals surface area contributed by atoms with Gasteiger partial charge in [-0.25, -0.2) is 12.8 Å². The molecule has 0 bridgehead atoms. The molecule has 3 rings (SSSR count). The van der Waals surface area contributed by atoms with E-state index >= 15 is 0 Å². The molecule has 1 heterocycles. The average molecular weight is 389 g/mol. The lowest BCUT2D eigenvalue weighted by atomic mass is 10.1. The number of halogens is 3. The Morgan fingerprint density at radius 1 is 1.12 bits per heavy atom. The molecule has 128 valence electrons. The first-order chi connectivity index (χ1) is 11.4. The third-order valence-corrected chi connectivity index (χ3v) is 6.78. The van der Waals surface area contributed by atoms with Crippen LogP contribution in [0.15, 0.2) is 47.4 Å². The summed E-state index contributed by atoms with van der Waals surface area (Å²) in [4.78, 5) is -0.114. The highest BCUT2D eigenvalue weighted by atomic mass is 35.5. The minimum atomic E-state index is -3.93. The van der Waals surface area contributed by atoms with Crippen molar-refractivity contribution in [1.29, 1.82) is 0 Å². The summed E-state index contributed by atoms with van der Waals surface area (Å²) in [5.74, 6) is -0.411. The highest BCUT2D eigenvalue weighted by Gasteiger charge is 2.36. The number of hydrogen-bond acceptors (Lipinski definition) is 3. The van der Waals surface area contributed by atoms with Gasteiger partial charge in [-0.3, -0.25) is 0 Å². The number of benzene rings is 2. The van der Waals surface area contributed by atoms with Gasteiger partial charge in [0.1, 0.15) is 10.7 Å². The lowest BCUT2D eigenvalue weighted by Crippen LogP contribution is -2.48. The highest BCUT2D eigenvalue weighted by Crippen LogP contribution is 2.35. The predicted octanol–water partition coefficient (Wildman–Crippen LogP) is 3.47. The molecule has 1 fully saturated rings. The molecule has 0 aromatic heterocycles. The minimum Gasteiger partial charge on any atom is -0.313 e. The fourth-order valence-electron chi connectivity index (χ4n) is 2.82. The first-order valence-corrected chi connectivity index (χ1v) is 9.53. The molecule has 2 aromatic carbocycles. The Morgan fingerprint density at radius 2 is 1.79 bits per heavy atom. The zero-order valence-electron chi connectivity index (χ0n) is 12.5. The fraction of sp³-hybridized carbons (Fsp3) is 0.250. The number of nitrogens with zero attached hydrogens (tertiary/aromatic N) is 1. The Kier molecular flexibility index (Phi) is 5.13. The number of sulfonamides is 1. The minimum absolute atomic E-state index is 0.0685. The molecule has 0 spiro atoms. The molecule has 8 heteroatoms. The topological polar surface area (TPSA) is 49.4 Å². The molecule has 0 aliphatic carbocycles. The van der Waals surface area contributed by atoms with Gasteiger partial charge >= 0.3 is 0 Å². The number of piperazine rings is 1. The molecule has 0 saturated carbocycles. The molecular weight excluding hydrogens is 374 g/mol. The number of hydrogen-bond donors (Lipinski definition) is 1. The Balaban J connectivity index is 2.07. The van der Waals surface area contributed by atoms with E-state index in [1.54, 1.807) is 18.2 Å². The Labute approximate surface area is 150 Å². The van der Waals surface area contributed by atoms with Gasteiger partial charge in [0.05, 0.1) is 16.1 Å². The zero-order chi connectivity index (χ0) is 17.3. The van der Waals surface area contributed by atoms with Crippen LogP contribution in [0.25, 0.3) is 0 Å². The molecule has 24 heavy (non-hydrogen) atoms. The molecule has 0 radical (unpaired) electrons. The zero-order valence-corrected chi connectivity index (χ0v) is 14.9. The largest absolute Gasteiger partial charge is 0.313 e. The molecule has 4 nitrogen and oxygen atoms in total. The number of nitrogens with one attached hydrogen (secondary N) is 1. The maximum absolute atomic E-state index is 13.6. The normalized spacial score (nSPS) is 19.4. The van der Waals surface area contributed by atoms with E-state index in [4.69, 9.17) is 23.2 Å². The maximum Gasteiger partial charge on any atom is 0.246 e. The summed E-state index contributed by atoms with van der Waals surface area (Å²) in [6.45, 7) is 1.11. The van der Waals surface area contributed by atoms with Gasteiger partial charge in [-0.15, -0.1) is 0 Å². The van der Waals surface area contributed by atoms with E-state index in [0.29, 0.717) is 18.7 Å². The second kappa shape index (κ2) is 6.98. The molecule has 1 unspecified atom stereocenters. The van der Waals surface area contributed by atoms with Gasteiger partial charge in [0.15, 0.2) is 0 Å². The van der Waals surface area contributed by atoms with Crippen LogP contribution in [0.1, 0.15) is 11.6 Å². The van der Waals surface area contributed by atoms with Crippen molar-refractivity contribution in [3.05, 3.63) is 63.9 Å². The van der Waals surface area contributed by atoms with Crippen LogP contribution < -0.4 is 5.32 Å². The van der Waals surface area contributed by atoms with Crippen LogP contribution in [0.4, 0.5) is 4.39 Å². The molecule has 0 amide bonds. The molecule has 1 aliphatic heterocycles. The van der Waals surface area contributed by atoms with Crippen molar-refractivity contribution in [3.8, 4) is 0 Å². The smallest absolute Gasteiger partial charge is 0.246 e. The van der Waals surface area contributed by atoms with Gasteiger partial charge < -0.3 is 5.32 Å². The fourth-order valence-corrected chi connectivity index (χ4v) is 5.53. The summed E-state index contributed by atoms with van der Waals surface area (Å²) in [6.07, 6.45) is 0. The van der Waals surface area contributed by atoms with Crippen LogP contribution in [0.3, 0.4) is 0 Å². The third-order valence-electron chi connectivity index (χ3n) is 3.91. The second-order valence-corrected chi connectivity index (χ2v) is 8.08. The van der Waals surface area contributed by atoms with Gasteiger partial charge in [0.2, 0.25) is 10.0 Å². The van der Waals surface area contributed by atoms with Gasteiger partial charge in [-0.05, 0) is 29.8 Å². The van der Waals surface area contributed by atoms with Crippen molar-refractivity contribution in [3.63, 3.8) is 0 Å². The van der Waals surface area contributed by atoms with E-state index in [1.165, 1.54) is 28.6 Å². The van der Waals surface area contributed by atoms with Crippen LogP contribution in [-0.4, -0.2) is 32.4 Å². The summed E-state index contributed by atoms with van der Waals surface area (Å²) in [6, 6.07) is 9.96. The van der Waals surface area contributed by atoms with Crippen molar-refractivity contribution in [2.75, 3.05) is 19.6 Å². The lowest BCUT2D eigenvalue weighted by Gasteiger charge is -2.35. The summed E-state index contributed by atoms with van der Waals surface area (Å²) in [5, 5.41) is 3.28. The summed E-state index contributed by atoms with van der Waals surface area (Å²) >= 11 is 12.2. The van der Waals surface area contributed by atoms with E-state index < -0.39 is 21.9 Å². The Hall–Kier alpha value is -1.18. The van der Waals surface area contributed by atoms with Crippen molar-refractivity contribution < 1.29 is 12.8 Å². The molecule has 1 N–H and O–H groups in total. The second-order valence-electron chi connectivity index (χ2n) is 5.44. The lowest BCUT2D eigenvalue weighted by molar-refractivity contribution is 0.271. The summed E-state index contributed by atoms with van der Waals surface area (Å²) < 4.78 is 41.2. The molecule has 1 atom stereocenters. The Morgan fingerprint density at radius 3 is 2.46 bits per heavy atom. The first kappa shape index (κ1) is 17.6. The summed E-state index contributed by atoms with van der Waals surface area (Å²) in [5.41, 5.74) is 0.578. The quantitative estimate of drug-likeness (QED) is 0.875. The molecule has 1 aliphatic rings. The van der Waals surface area contributed by atoms with E-state index in [1.807, 2.05) is 0 Å². The van der Waals surface area contributed by atoms with Crippen LogP contribution >= 0.6 is 23.2 Å². The van der Waals surface area contributed by atoms with Crippen LogP contribution in [0, 0.1) is 5.82 Å². The monoisotopic (exact) mass is 388 g/mol. The average Bonchev–Trinajstić information content (AvgIpc) is 2.54. The van der Waals surface area contributed by atoms with Crippen LogP contribution in [0.5, 0.6) is 0 Å². The van der Waals surface area contributed by atoms with Gasteiger partial charge in [-0.2, -0.15) is 4.31 Å². The first-order valence-electron chi connectivity index (χ1n) is 7.33. The predicted molar refractivity (Wildman–Crippen MR) is 92.4 cm³/mol. The van der Waals surface area contributed by atoms with E-state index in [2.05, 4.69) is 5.32 Å². The maximum atomic E-state index is 13.6. The third kappa shape index (κ3) is 3.30. The highest BCUT2D eigenvalue weighted by molar-refractivity contribution is 7.89. The van der Waals surface area contributed by atoms with Crippen LogP contribution in [0.2, 0.25) is 10.0 Å². The van der Waals surface area contributed by atoms with E-state index in [0.717, 1.165) is 0 Å². The standard InChI is InChI=1S/C16H15Cl2FN2O2S/c17-13-5-2-6-14(18)16(13)24(22,23)21-8-7-20-10-15(21)11-3-1-4-12(19)9-11/h1-6,9,15,20H,7-8,10H2. The van der Waals surface area contributed by atoms with E-state index in [-0.39, 0.29) is 21.5 Å². The van der Waals surface area contributed by atoms with Crippen molar-refractivity contribution in [2.24, 2.45) is 0 Å². The van der Waals surface area contributed by atoms with Gasteiger partial charge in [-0.1, -0.05) is 41.4 Å². The molecular formula is C16H15Cl2FN2O2S. The molecule has 1 saturated heterocycles. The van der Waals surface area contributed by atoms with Gasteiger partial charge in [0, 0.05) is 19.6 Å². The van der Waals surface area contributed by atoms with Crippen molar-refractivity contribution in [1.82, 2.24) is 9.62 Å². The van der Waals surface area contributed by atoms with E-state index in [9.17, 15) is 12.8 Å². The molecule has 2 aromatic rings. The van der Waals surface area contributed by atoms with Crippen LogP contribution in [-0.2, 0) is 10.0 Å². The Bertz CT molecular complexity index is 841.